The molecule has 3 rings (SSSR count). The highest BCUT2D eigenvalue weighted by Crippen LogP contribution is 2.19. The van der Waals surface area contributed by atoms with Gasteiger partial charge < -0.3 is 14.9 Å². The normalized spacial score (nSPS) is 24.2. The van der Waals surface area contributed by atoms with Gasteiger partial charge in [0.2, 0.25) is 6.10 Å². The third-order valence-electron chi connectivity index (χ3n) is 4.07. The van der Waals surface area contributed by atoms with Crippen molar-refractivity contribution in [1.82, 2.24) is 15.1 Å². The van der Waals surface area contributed by atoms with Crippen molar-refractivity contribution in [3.63, 3.8) is 0 Å². The van der Waals surface area contributed by atoms with E-state index < -0.39 is 6.10 Å². The van der Waals surface area contributed by atoms with Gasteiger partial charge in [-0.1, -0.05) is 5.16 Å². The summed E-state index contributed by atoms with van der Waals surface area (Å²) >= 11 is 0. The van der Waals surface area contributed by atoms with Crippen molar-refractivity contribution in [1.29, 1.82) is 0 Å². The molecule has 0 saturated carbocycles. The standard InChI is InChI=1S/C15H22N4O3/c1-3-19-9-12(10(2)17-19)13-7-14(22-18-13)15(20)16-8-11-5-4-6-21-11/h9,11,14H,3-8H2,1-2H3,(H,16,20)/t11-,14+/m1/s1. The maximum absolute atomic E-state index is 12.1. The van der Waals surface area contributed by atoms with E-state index in [9.17, 15) is 4.79 Å². The van der Waals surface area contributed by atoms with Crippen LogP contribution in [0.25, 0.3) is 0 Å². The van der Waals surface area contributed by atoms with E-state index in [4.69, 9.17) is 9.57 Å². The zero-order valence-electron chi connectivity index (χ0n) is 13.0. The smallest absolute Gasteiger partial charge is 0.264 e. The lowest BCUT2D eigenvalue weighted by Gasteiger charge is -2.13. The number of hydrogen-bond acceptors (Lipinski definition) is 5. The molecule has 1 amide bonds. The number of carbonyl (C=O) groups excluding carboxylic acids is 1. The fourth-order valence-electron chi connectivity index (χ4n) is 2.77. The van der Waals surface area contributed by atoms with Crippen LogP contribution in [0.3, 0.4) is 0 Å². The highest BCUT2D eigenvalue weighted by molar-refractivity contribution is 6.04. The minimum Gasteiger partial charge on any atom is -0.382 e. The van der Waals surface area contributed by atoms with Crippen LogP contribution in [0, 0.1) is 6.92 Å². The first-order valence-electron chi connectivity index (χ1n) is 7.83. The third kappa shape index (κ3) is 3.14. The molecule has 2 aliphatic heterocycles. The molecule has 0 unspecified atom stereocenters. The molecular formula is C15H22N4O3. The summed E-state index contributed by atoms with van der Waals surface area (Å²) in [5.74, 6) is -0.130. The number of carbonyl (C=O) groups is 1. The second-order valence-electron chi connectivity index (χ2n) is 5.70. The van der Waals surface area contributed by atoms with Crippen molar-refractivity contribution in [3.8, 4) is 0 Å². The Morgan fingerprint density at radius 3 is 3.09 bits per heavy atom. The van der Waals surface area contributed by atoms with E-state index in [0.717, 1.165) is 43.0 Å². The Labute approximate surface area is 129 Å². The number of rotatable bonds is 5. The molecule has 7 nitrogen and oxygen atoms in total. The summed E-state index contributed by atoms with van der Waals surface area (Å²) in [6.07, 6.45) is 4.08. The van der Waals surface area contributed by atoms with Gasteiger partial charge in [-0.25, -0.2) is 0 Å². The average molecular weight is 306 g/mol. The minimum absolute atomic E-state index is 0.130. The summed E-state index contributed by atoms with van der Waals surface area (Å²) in [4.78, 5) is 17.4. The Hall–Kier alpha value is -1.89. The summed E-state index contributed by atoms with van der Waals surface area (Å²) in [5, 5.41) is 11.3. The quantitative estimate of drug-likeness (QED) is 0.880. The summed E-state index contributed by atoms with van der Waals surface area (Å²) in [7, 11) is 0. The van der Waals surface area contributed by atoms with Crippen molar-refractivity contribution in [2.75, 3.05) is 13.2 Å². The summed E-state index contributed by atoms with van der Waals surface area (Å²) in [5.41, 5.74) is 2.65. The lowest BCUT2D eigenvalue weighted by molar-refractivity contribution is -0.131. The van der Waals surface area contributed by atoms with Crippen LogP contribution < -0.4 is 5.32 Å². The van der Waals surface area contributed by atoms with Crippen molar-refractivity contribution in [2.45, 2.75) is 51.9 Å². The summed E-state index contributed by atoms with van der Waals surface area (Å²) < 4.78 is 7.35. The van der Waals surface area contributed by atoms with E-state index in [1.165, 1.54) is 0 Å². The second kappa shape index (κ2) is 6.48. The van der Waals surface area contributed by atoms with Gasteiger partial charge in [-0.2, -0.15) is 5.10 Å². The molecule has 1 N–H and O–H groups in total. The molecule has 2 aliphatic rings. The van der Waals surface area contributed by atoms with Gasteiger partial charge in [-0.05, 0) is 26.7 Å². The molecule has 1 saturated heterocycles. The molecule has 22 heavy (non-hydrogen) atoms. The number of amides is 1. The van der Waals surface area contributed by atoms with Gasteiger partial charge in [0.25, 0.3) is 5.91 Å². The Balaban J connectivity index is 1.54. The molecule has 1 aromatic rings. The molecule has 0 radical (unpaired) electrons. The predicted molar refractivity (Wildman–Crippen MR) is 80.6 cm³/mol. The van der Waals surface area contributed by atoms with Gasteiger partial charge in [0.1, 0.15) is 0 Å². The van der Waals surface area contributed by atoms with Gasteiger partial charge in [-0.15, -0.1) is 0 Å². The Morgan fingerprint density at radius 1 is 1.55 bits per heavy atom. The predicted octanol–water partition coefficient (Wildman–Crippen LogP) is 1.000. The van der Waals surface area contributed by atoms with Crippen LogP contribution in [0.2, 0.25) is 0 Å². The lowest BCUT2D eigenvalue weighted by Crippen LogP contribution is -2.39. The molecule has 120 valence electrons. The van der Waals surface area contributed by atoms with Crippen LogP contribution in [0.4, 0.5) is 0 Å². The molecule has 0 aromatic carbocycles. The van der Waals surface area contributed by atoms with E-state index in [-0.39, 0.29) is 12.0 Å². The summed E-state index contributed by atoms with van der Waals surface area (Å²) in [6, 6.07) is 0. The van der Waals surface area contributed by atoms with Gasteiger partial charge in [0, 0.05) is 37.9 Å². The van der Waals surface area contributed by atoms with Crippen molar-refractivity contribution < 1.29 is 14.4 Å². The third-order valence-corrected chi connectivity index (χ3v) is 4.07. The number of aryl methyl sites for hydroxylation is 2. The van der Waals surface area contributed by atoms with E-state index in [2.05, 4.69) is 15.6 Å². The topological polar surface area (TPSA) is 77.7 Å². The zero-order valence-corrected chi connectivity index (χ0v) is 13.0. The largest absolute Gasteiger partial charge is 0.382 e. The van der Waals surface area contributed by atoms with Crippen LogP contribution in [0.5, 0.6) is 0 Å². The molecular weight excluding hydrogens is 284 g/mol. The van der Waals surface area contributed by atoms with Crippen LogP contribution in [-0.2, 0) is 20.9 Å². The van der Waals surface area contributed by atoms with E-state index in [0.29, 0.717) is 13.0 Å². The van der Waals surface area contributed by atoms with Crippen molar-refractivity contribution in [3.05, 3.63) is 17.5 Å². The number of nitrogens with one attached hydrogen (secondary N) is 1. The molecule has 1 fully saturated rings. The first kappa shape index (κ1) is 15.0. The number of nitrogens with zero attached hydrogens (tertiary/aromatic N) is 3. The SMILES string of the molecule is CCn1cc(C2=NO[C@H](C(=O)NC[C@H]3CCCO3)C2)c(C)n1. The van der Waals surface area contributed by atoms with Gasteiger partial charge in [0.05, 0.1) is 17.5 Å². The number of ether oxygens (including phenoxy) is 1. The maximum atomic E-state index is 12.1. The fourth-order valence-corrected chi connectivity index (χ4v) is 2.77. The van der Waals surface area contributed by atoms with E-state index >= 15 is 0 Å². The highest BCUT2D eigenvalue weighted by atomic mass is 16.6. The monoisotopic (exact) mass is 306 g/mol. The van der Waals surface area contributed by atoms with Crippen LogP contribution in [-0.4, -0.2) is 46.8 Å². The first-order chi connectivity index (χ1) is 10.7. The molecule has 2 atom stereocenters. The van der Waals surface area contributed by atoms with Crippen LogP contribution >= 0.6 is 0 Å². The van der Waals surface area contributed by atoms with Crippen LogP contribution in [0.1, 0.15) is 37.4 Å². The van der Waals surface area contributed by atoms with Gasteiger partial charge in [-0.3, -0.25) is 9.48 Å². The molecule has 7 heteroatoms. The van der Waals surface area contributed by atoms with E-state index in [1.807, 2.05) is 24.7 Å². The minimum atomic E-state index is -0.555. The average Bonchev–Trinajstić information content (AvgIpc) is 3.24. The number of hydrogen-bond donors (Lipinski definition) is 1. The second-order valence-corrected chi connectivity index (χ2v) is 5.70. The molecule has 0 aliphatic carbocycles. The first-order valence-corrected chi connectivity index (χ1v) is 7.83. The number of oxime groups is 1. The van der Waals surface area contributed by atoms with Crippen molar-refractivity contribution in [2.24, 2.45) is 5.16 Å². The Bertz CT molecular complexity index is 575. The summed E-state index contributed by atoms with van der Waals surface area (Å²) in [6.45, 7) is 6.11. The zero-order chi connectivity index (χ0) is 15.5. The van der Waals surface area contributed by atoms with Crippen molar-refractivity contribution >= 4 is 11.6 Å². The lowest BCUT2D eigenvalue weighted by atomic mass is 10.1. The molecule has 1 aromatic heterocycles. The molecule has 0 spiro atoms. The fraction of sp³-hybridized carbons (Fsp3) is 0.667. The maximum Gasteiger partial charge on any atom is 0.264 e. The number of aromatic nitrogens is 2. The highest BCUT2D eigenvalue weighted by Gasteiger charge is 2.30. The van der Waals surface area contributed by atoms with Gasteiger partial charge >= 0.3 is 0 Å². The Morgan fingerprint density at radius 2 is 2.41 bits per heavy atom. The molecule has 0 bridgehead atoms. The van der Waals surface area contributed by atoms with Gasteiger partial charge in [0.15, 0.2) is 0 Å². The van der Waals surface area contributed by atoms with Crippen LogP contribution in [0.15, 0.2) is 11.4 Å². The molecule has 3 heterocycles. The van der Waals surface area contributed by atoms with E-state index in [1.54, 1.807) is 0 Å². The Kier molecular flexibility index (Phi) is 4.42.